The zero-order valence-electron chi connectivity index (χ0n) is 16.3. The van der Waals surface area contributed by atoms with Gasteiger partial charge in [0.05, 0.1) is 11.3 Å². The second-order valence-electron chi connectivity index (χ2n) is 7.21. The number of anilines is 1. The van der Waals surface area contributed by atoms with Crippen LogP contribution in [0.3, 0.4) is 0 Å². The predicted octanol–water partition coefficient (Wildman–Crippen LogP) is 4.79. The maximum atomic E-state index is 13.0. The highest BCUT2D eigenvalue weighted by Crippen LogP contribution is 2.34. The first-order valence-corrected chi connectivity index (χ1v) is 9.83. The summed E-state index contributed by atoms with van der Waals surface area (Å²) in [4.78, 5) is 24.3. The van der Waals surface area contributed by atoms with Crippen LogP contribution in [0.4, 0.5) is 18.9 Å². The lowest BCUT2D eigenvalue weighted by atomic mass is 9.95. The Balaban J connectivity index is 1.51. The van der Waals surface area contributed by atoms with Crippen molar-refractivity contribution in [3.63, 3.8) is 0 Å². The number of hydrogen-bond acceptors (Lipinski definition) is 3. The molecule has 0 aromatic heterocycles. The number of rotatable bonds is 6. The molecule has 2 N–H and O–H groups in total. The normalized spacial score (nSPS) is 14.8. The molecule has 2 aromatic rings. The lowest BCUT2D eigenvalue weighted by molar-refractivity contribution is -0.137. The summed E-state index contributed by atoms with van der Waals surface area (Å²) in [5.41, 5.74) is -0.767. The van der Waals surface area contributed by atoms with Crippen molar-refractivity contribution >= 4 is 17.5 Å². The van der Waals surface area contributed by atoms with E-state index in [1.165, 1.54) is 24.6 Å². The highest BCUT2D eigenvalue weighted by atomic mass is 19.4. The summed E-state index contributed by atoms with van der Waals surface area (Å²) >= 11 is 0. The van der Waals surface area contributed by atoms with Gasteiger partial charge in [0.25, 0.3) is 11.8 Å². The molecule has 1 fully saturated rings. The molecule has 160 valence electrons. The van der Waals surface area contributed by atoms with Gasteiger partial charge in [0, 0.05) is 11.6 Å². The summed E-state index contributed by atoms with van der Waals surface area (Å²) in [5.74, 6) is -0.538. The minimum absolute atomic E-state index is 0.157. The molecule has 5 nitrogen and oxygen atoms in total. The molecule has 0 heterocycles. The average molecular weight is 420 g/mol. The van der Waals surface area contributed by atoms with E-state index < -0.39 is 24.3 Å². The van der Waals surface area contributed by atoms with Gasteiger partial charge < -0.3 is 15.4 Å². The summed E-state index contributed by atoms with van der Waals surface area (Å²) < 4.78 is 44.3. The summed E-state index contributed by atoms with van der Waals surface area (Å²) in [6, 6.07) is 11.2. The number of ether oxygens (including phenoxy) is 1. The standard InChI is InChI=1S/C22H23F3N2O3/c23-22(24,25)18-8-4-5-9-19(18)27-20(28)14-30-17-12-10-15(11-13-17)21(29)26-16-6-2-1-3-7-16/h4-5,8-13,16H,1-3,6-7,14H2,(H,26,29)(H,27,28). The van der Waals surface area contributed by atoms with Crippen LogP contribution in [0.2, 0.25) is 0 Å². The van der Waals surface area contributed by atoms with Gasteiger partial charge in [-0.25, -0.2) is 0 Å². The van der Waals surface area contributed by atoms with Crippen molar-refractivity contribution in [1.29, 1.82) is 0 Å². The number of hydrogen-bond donors (Lipinski definition) is 2. The Morgan fingerprint density at radius 1 is 0.967 bits per heavy atom. The summed E-state index contributed by atoms with van der Waals surface area (Å²) in [6.45, 7) is -0.459. The van der Waals surface area contributed by atoms with E-state index in [4.69, 9.17) is 4.74 Å². The lowest BCUT2D eigenvalue weighted by Crippen LogP contribution is -2.36. The number of carbonyl (C=O) groups excluding carboxylic acids is 2. The molecule has 0 saturated heterocycles. The van der Waals surface area contributed by atoms with Gasteiger partial charge in [-0.15, -0.1) is 0 Å². The monoisotopic (exact) mass is 420 g/mol. The first-order valence-electron chi connectivity index (χ1n) is 9.83. The van der Waals surface area contributed by atoms with E-state index in [1.807, 2.05) is 0 Å². The van der Waals surface area contributed by atoms with E-state index in [1.54, 1.807) is 24.3 Å². The predicted molar refractivity (Wildman–Crippen MR) is 106 cm³/mol. The van der Waals surface area contributed by atoms with Crippen LogP contribution in [0.15, 0.2) is 48.5 Å². The molecule has 1 aliphatic carbocycles. The van der Waals surface area contributed by atoms with Gasteiger partial charge >= 0.3 is 6.18 Å². The maximum Gasteiger partial charge on any atom is 0.418 e. The molecular weight excluding hydrogens is 397 g/mol. The minimum atomic E-state index is -4.57. The molecular formula is C22H23F3N2O3. The average Bonchev–Trinajstić information content (AvgIpc) is 2.73. The van der Waals surface area contributed by atoms with Gasteiger partial charge in [-0.2, -0.15) is 13.2 Å². The molecule has 1 aliphatic rings. The molecule has 0 radical (unpaired) electrons. The third kappa shape index (κ3) is 5.98. The van der Waals surface area contributed by atoms with Gasteiger partial charge in [-0.3, -0.25) is 9.59 Å². The topological polar surface area (TPSA) is 67.4 Å². The van der Waals surface area contributed by atoms with E-state index in [0.29, 0.717) is 11.3 Å². The molecule has 0 aliphatic heterocycles. The van der Waals surface area contributed by atoms with Crippen molar-refractivity contribution in [1.82, 2.24) is 5.32 Å². The molecule has 30 heavy (non-hydrogen) atoms. The molecule has 0 bridgehead atoms. The molecule has 0 unspecified atom stereocenters. The molecule has 8 heteroatoms. The number of carbonyl (C=O) groups is 2. The van der Waals surface area contributed by atoms with Crippen LogP contribution >= 0.6 is 0 Å². The van der Waals surface area contributed by atoms with E-state index in [-0.39, 0.29) is 17.6 Å². The quantitative estimate of drug-likeness (QED) is 0.707. The largest absolute Gasteiger partial charge is 0.484 e. The number of halogens is 3. The summed E-state index contributed by atoms with van der Waals surface area (Å²) in [5, 5.41) is 5.23. The van der Waals surface area contributed by atoms with Crippen LogP contribution < -0.4 is 15.4 Å². The van der Waals surface area contributed by atoms with Crippen LogP contribution in [0.1, 0.15) is 48.0 Å². The fourth-order valence-electron chi connectivity index (χ4n) is 3.39. The second-order valence-corrected chi connectivity index (χ2v) is 7.21. The summed E-state index contributed by atoms with van der Waals surface area (Å²) in [6.07, 6.45) is 0.839. The number of para-hydroxylation sites is 1. The van der Waals surface area contributed by atoms with Crippen LogP contribution in [-0.4, -0.2) is 24.5 Å². The Hall–Kier alpha value is -3.03. The van der Waals surface area contributed by atoms with Gasteiger partial charge in [-0.05, 0) is 49.2 Å². The number of benzene rings is 2. The van der Waals surface area contributed by atoms with E-state index in [9.17, 15) is 22.8 Å². The number of nitrogens with one attached hydrogen (secondary N) is 2. The number of amides is 2. The smallest absolute Gasteiger partial charge is 0.418 e. The van der Waals surface area contributed by atoms with Gasteiger partial charge in [0.1, 0.15) is 5.75 Å². The van der Waals surface area contributed by atoms with Crippen molar-refractivity contribution in [2.24, 2.45) is 0 Å². The molecule has 3 rings (SSSR count). The highest BCUT2D eigenvalue weighted by Gasteiger charge is 2.33. The Bertz CT molecular complexity index is 876. The zero-order valence-corrected chi connectivity index (χ0v) is 16.3. The lowest BCUT2D eigenvalue weighted by Gasteiger charge is -2.22. The van der Waals surface area contributed by atoms with Crippen molar-refractivity contribution in [3.8, 4) is 5.75 Å². The first kappa shape index (κ1) is 21.7. The summed E-state index contributed by atoms with van der Waals surface area (Å²) in [7, 11) is 0. The SMILES string of the molecule is O=C(COc1ccc(C(=O)NC2CCCCC2)cc1)Nc1ccccc1C(F)(F)F. The van der Waals surface area contributed by atoms with Crippen molar-refractivity contribution in [2.75, 3.05) is 11.9 Å². The van der Waals surface area contributed by atoms with Crippen molar-refractivity contribution in [2.45, 2.75) is 44.3 Å². The Morgan fingerprint density at radius 2 is 1.63 bits per heavy atom. The maximum absolute atomic E-state index is 13.0. The Labute approximate surface area is 172 Å². The minimum Gasteiger partial charge on any atom is -0.484 e. The zero-order chi connectivity index (χ0) is 21.6. The van der Waals surface area contributed by atoms with Crippen LogP contribution in [0, 0.1) is 0 Å². The number of alkyl halides is 3. The van der Waals surface area contributed by atoms with Crippen LogP contribution in [0.5, 0.6) is 5.75 Å². The highest BCUT2D eigenvalue weighted by molar-refractivity contribution is 5.94. The third-order valence-corrected chi connectivity index (χ3v) is 4.93. The molecule has 0 atom stereocenters. The van der Waals surface area contributed by atoms with Gasteiger partial charge in [0.15, 0.2) is 6.61 Å². The van der Waals surface area contributed by atoms with E-state index >= 15 is 0 Å². The molecule has 1 saturated carbocycles. The van der Waals surface area contributed by atoms with E-state index in [0.717, 1.165) is 31.7 Å². The fraction of sp³-hybridized carbons (Fsp3) is 0.364. The van der Waals surface area contributed by atoms with Gasteiger partial charge in [-0.1, -0.05) is 31.4 Å². The Kier molecular flexibility index (Phi) is 6.97. The third-order valence-electron chi connectivity index (χ3n) is 4.93. The van der Waals surface area contributed by atoms with Crippen molar-refractivity contribution < 1.29 is 27.5 Å². The molecule has 0 spiro atoms. The van der Waals surface area contributed by atoms with Gasteiger partial charge in [0.2, 0.25) is 0 Å². The Morgan fingerprint density at radius 3 is 2.30 bits per heavy atom. The molecule has 2 aromatic carbocycles. The van der Waals surface area contributed by atoms with E-state index in [2.05, 4.69) is 10.6 Å². The first-order chi connectivity index (χ1) is 14.3. The van der Waals surface area contributed by atoms with Crippen molar-refractivity contribution in [3.05, 3.63) is 59.7 Å². The fourth-order valence-corrected chi connectivity index (χ4v) is 3.39. The molecule has 2 amide bonds. The van der Waals surface area contributed by atoms with Crippen LogP contribution in [0.25, 0.3) is 0 Å². The van der Waals surface area contributed by atoms with Crippen LogP contribution in [-0.2, 0) is 11.0 Å². The second kappa shape index (κ2) is 9.65.